The van der Waals surface area contributed by atoms with Crippen molar-refractivity contribution >= 4 is 11.6 Å². The van der Waals surface area contributed by atoms with Crippen molar-refractivity contribution in [3.63, 3.8) is 0 Å². The van der Waals surface area contributed by atoms with Crippen LogP contribution in [0.2, 0.25) is 0 Å². The lowest BCUT2D eigenvalue weighted by Gasteiger charge is -2.02. The lowest BCUT2D eigenvalue weighted by molar-refractivity contribution is 0.102. The van der Waals surface area contributed by atoms with Gasteiger partial charge in [-0.1, -0.05) is 0 Å². The minimum Gasteiger partial charge on any atom is -0.319 e. The molecule has 0 saturated heterocycles. The third kappa shape index (κ3) is 2.41. The largest absolute Gasteiger partial charge is 0.319 e. The van der Waals surface area contributed by atoms with Gasteiger partial charge in [-0.2, -0.15) is 5.10 Å². The summed E-state index contributed by atoms with van der Waals surface area (Å²) < 4.78 is 2.99. The Balaban J connectivity index is 2.20. The van der Waals surface area contributed by atoms with Crippen LogP contribution >= 0.6 is 0 Å². The zero-order valence-corrected chi connectivity index (χ0v) is 9.54. The Labute approximate surface area is 97.5 Å². The Bertz CT molecular complexity index is 612. The molecule has 2 aromatic heterocycles. The first-order chi connectivity index (χ1) is 8.06. The number of aromatic nitrogens is 3. The summed E-state index contributed by atoms with van der Waals surface area (Å²) in [4.78, 5) is 23.2. The van der Waals surface area contributed by atoms with Gasteiger partial charge in [0.15, 0.2) is 0 Å². The van der Waals surface area contributed by atoms with Crippen LogP contribution in [0.25, 0.3) is 0 Å². The van der Waals surface area contributed by atoms with Gasteiger partial charge in [-0.25, -0.2) is 0 Å². The van der Waals surface area contributed by atoms with Crippen LogP contribution in [0.3, 0.4) is 0 Å². The van der Waals surface area contributed by atoms with Crippen molar-refractivity contribution in [2.24, 2.45) is 14.1 Å². The maximum atomic E-state index is 11.8. The fourth-order valence-electron chi connectivity index (χ4n) is 1.38. The molecule has 88 valence electrons. The highest BCUT2D eigenvalue weighted by molar-refractivity contribution is 6.03. The molecule has 0 spiro atoms. The molecule has 0 aliphatic heterocycles. The number of nitrogens with one attached hydrogen (secondary N) is 1. The number of carbonyl (C=O) groups excluding carboxylic acids is 1. The fraction of sp³-hybridized carbons (Fsp3) is 0.182. The van der Waals surface area contributed by atoms with Crippen LogP contribution in [0.5, 0.6) is 0 Å². The Morgan fingerprint density at radius 1 is 1.41 bits per heavy atom. The van der Waals surface area contributed by atoms with Crippen molar-refractivity contribution in [1.82, 2.24) is 14.3 Å². The lowest BCUT2D eigenvalue weighted by Crippen LogP contribution is -2.19. The standard InChI is InChI=1S/C11H12N4O2/c1-14-4-3-8(5-10(14)16)11(17)13-9-6-12-15(2)7-9/h3-7H,1-2H3,(H,13,17). The molecule has 0 radical (unpaired) electrons. The Hall–Kier alpha value is -2.37. The molecule has 0 aliphatic rings. The minimum absolute atomic E-state index is 0.219. The number of hydrogen-bond acceptors (Lipinski definition) is 3. The van der Waals surface area contributed by atoms with Gasteiger partial charge >= 0.3 is 0 Å². The highest BCUT2D eigenvalue weighted by Gasteiger charge is 2.07. The molecule has 0 aliphatic carbocycles. The van der Waals surface area contributed by atoms with Gasteiger partial charge in [0.25, 0.3) is 11.5 Å². The van der Waals surface area contributed by atoms with Crippen LogP contribution in [0.15, 0.2) is 35.5 Å². The Morgan fingerprint density at radius 2 is 2.18 bits per heavy atom. The number of carbonyl (C=O) groups is 1. The smallest absolute Gasteiger partial charge is 0.256 e. The summed E-state index contributed by atoms with van der Waals surface area (Å²) in [7, 11) is 3.39. The van der Waals surface area contributed by atoms with Crippen molar-refractivity contribution < 1.29 is 4.79 Å². The van der Waals surface area contributed by atoms with Crippen LogP contribution in [0.4, 0.5) is 5.69 Å². The number of pyridine rings is 1. The summed E-state index contributed by atoms with van der Waals surface area (Å²) in [6.45, 7) is 0. The molecule has 0 bridgehead atoms. The summed E-state index contributed by atoms with van der Waals surface area (Å²) in [5.74, 6) is -0.323. The van der Waals surface area contributed by atoms with Crippen LogP contribution in [-0.2, 0) is 14.1 Å². The van der Waals surface area contributed by atoms with E-state index in [0.29, 0.717) is 11.3 Å². The summed E-state index contributed by atoms with van der Waals surface area (Å²) in [5, 5.41) is 6.59. The third-order valence-corrected chi connectivity index (χ3v) is 2.33. The van der Waals surface area contributed by atoms with Crippen molar-refractivity contribution in [1.29, 1.82) is 0 Å². The topological polar surface area (TPSA) is 68.9 Å². The van der Waals surface area contributed by atoms with E-state index in [-0.39, 0.29) is 11.5 Å². The molecule has 6 nitrogen and oxygen atoms in total. The highest BCUT2D eigenvalue weighted by Crippen LogP contribution is 2.06. The number of aryl methyl sites for hydroxylation is 2. The lowest BCUT2D eigenvalue weighted by atomic mass is 10.2. The molecule has 2 rings (SSSR count). The molecule has 2 heterocycles. The van der Waals surface area contributed by atoms with Crippen LogP contribution in [-0.4, -0.2) is 20.3 Å². The molecule has 0 unspecified atom stereocenters. The molecular formula is C11H12N4O2. The molecule has 0 saturated carbocycles. The van der Waals surface area contributed by atoms with Crippen LogP contribution in [0.1, 0.15) is 10.4 Å². The number of amides is 1. The molecular weight excluding hydrogens is 220 g/mol. The van der Waals surface area contributed by atoms with Crippen LogP contribution < -0.4 is 10.9 Å². The second-order valence-corrected chi connectivity index (χ2v) is 3.72. The van der Waals surface area contributed by atoms with Gasteiger partial charge < -0.3 is 9.88 Å². The second-order valence-electron chi connectivity index (χ2n) is 3.72. The van der Waals surface area contributed by atoms with E-state index >= 15 is 0 Å². The predicted molar refractivity (Wildman–Crippen MR) is 62.8 cm³/mol. The van der Waals surface area contributed by atoms with Crippen LogP contribution in [0, 0.1) is 0 Å². The molecule has 1 amide bonds. The zero-order valence-electron chi connectivity index (χ0n) is 9.54. The molecule has 0 aromatic carbocycles. The van der Waals surface area contributed by atoms with E-state index in [9.17, 15) is 9.59 Å². The summed E-state index contributed by atoms with van der Waals surface area (Å²) >= 11 is 0. The Morgan fingerprint density at radius 3 is 2.76 bits per heavy atom. The van der Waals surface area contributed by atoms with E-state index in [2.05, 4.69) is 10.4 Å². The SMILES string of the molecule is Cn1cc(NC(=O)c2ccn(C)c(=O)c2)cn1. The van der Waals surface area contributed by atoms with Gasteiger partial charge in [0, 0.05) is 38.1 Å². The van der Waals surface area contributed by atoms with E-state index in [0.717, 1.165) is 0 Å². The predicted octanol–water partition coefficient (Wildman–Crippen LogP) is 0.371. The number of anilines is 1. The summed E-state index contributed by atoms with van der Waals surface area (Å²) in [5.41, 5.74) is 0.707. The number of rotatable bonds is 2. The van der Waals surface area contributed by atoms with Gasteiger partial charge in [-0.05, 0) is 6.07 Å². The molecule has 17 heavy (non-hydrogen) atoms. The quantitative estimate of drug-likeness (QED) is 0.813. The monoisotopic (exact) mass is 232 g/mol. The third-order valence-electron chi connectivity index (χ3n) is 2.33. The second kappa shape index (κ2) is 4.25. The highest BCUT2D eigenvalue weighted by atomic mass is 16.2. The van der Waals surface area contributed by atoms with E-state index in [1.165, 1.54) is 10.6 Å². The number of hydrogen-bond donors (Lipinski definition) is 1. The van der Waals surface area contributed by atoms with Crippen molar-refractivity contribution in [3.05, 3.63) is 46.6 Å². The summed E-state index contributed by atoms with van der Waals surface area (Å²) in [6, 6.07) is 2.89. The van der Waals surface area contributed by atoms with Gasteiger partial charge in [-0.3, -0.25) is 14.3 Å². The van der Waals surface area contributed by atoms with E-state index in [1.807, 2.05) is 0 Å². The minimum atomic E-state index is -0.323. The first kappa shape index (κ1) is 11.1. The molecule has 0 atom stereocenters. The van der Waals surface area contributed by atoms with Crippen molar-refractivity contribution in [3.8, 4) is 0 Å². The van der Waals surface area contributed by atoms with Crippen molar-refractivity contribution in [2.45, 2.75) is 0 Å². The molecule has 2 aromatic rings. The molecule has 1 N–H and O–H groups in total. The van der Waals surface area contributed by atoms with E-state index < -0.39 is 0 Å². The number of nitrogens with zero attached hydrogens (tertiary/aromatic N) is 3. The maximum Gasteiger partial charge on any atom is 0.256 e. The van der Waals surface area contributed by atoms with Gasteiger partial charge in [0.1, 0.15) is 0 Å². The average Bonchev–Trinajstić information content (AvgIpc) is 2.68. The fourth-order valence-corrected chi connectivity index (χ4v) is 1.38. The first-order valence-corrected chi connectivity index (χ1v) is 5.03. The first-order valence-electron chi connectivity index (χ1n) is 5.03. The van der Waals surface area contributed by atoms with E-state index in [4.69, 9.17) is 0 Å². The van der Waals surface area contributed by atoms with E-state index in [1.54, 1.807) is 43.4 Å². The summed E-state index contributed by atoms with van der Waals surface area (Å²) in [6.07, 6.45) is 4.78. The maximum absolute atomic E-state index is 11.8. The van der Waals surface area contributed by atoms with Gasteiger partial charge in [-0.15, -0.1) is 0 Å². The average molecular weight is 232 g/mol. The normalized spacial score (nSPS) is 10.2. The molecule has 0 fully saturated rings. The molecule has 6 heteroatoms. The Kier molecular flexibility index (Phi) is 2.78. The van der Waals surface area contributed by atoms with Crippen molar-refractivity contribution in [2.75, 3.05) is 5.32 Å². The van der Waals surface area contributed by atoms with Gasteiger partial charge in [0.05, 0.1) is 11.9 Å². The zero-order chi connectivity index (χ0) is 12.4. The van der Waals surface area contributed by atoms with Gasteiger partial charge in [0.2, 0.25) is 0 Å².